The fraction of sp³-hybridized carbons (Fsp3) is 0.292. The average molecular weight is 452 g/mol. The van der Waals surface area contributed by atoms with Crippen molar-refractivity contribution < 1.29 is 17.8 Å². The Morgan fingerprint density at radius 1 is 1.06 bits per heavy atom. The van der Waals surface area contributed by atoms with E-state index < -0.39 is 10.1 Å². The quantitative estimate of drug-likeness (QED) is 0.567. The molecule has 0 bridgehead atoms. The lowest BCUT2D eigenvalue weighted by Crippen LogP contribution is -2.50. The van der Waals surface area contributed by atoms with E-state index in [1.54, 1.807) is 17.0 Å². The molecular weight excluding hydrogens is 426 g/mol. The molecule has 0 spiro atoms. The van der Waals surface area contributed by atoms with Crippen molar-refractivity contribution in [3.63, 3.8) is 0 Å². The Morgan fingerprint density at radius 2 is 1.78 bits per heavy atom. The van der Waals surface area contributed by atoms with Crippen LogP contribution in [0.1, 0.15) is 17.5 Å². The Balaban J connectivity index is 1.44. The minimum absolute atomic E-state index is 0.00215. The molecule has 2 aromatic carbocycles. The Morgan fingerprint density at radius 3 is 2.47 bits per heavy atom. The Bertz CT molecular complexity index is 1200. The Kier molecular flexibility index (Phi) is 6.33. The van der Waals surface area contributed by atoms with E-state index in [0.717, 1.165) is 35.4 Å². The highest BCUT2D eigenvalue weighted by Crippen LogP contribution is 2.27. The summed E-state index contributed by atoms with van der Waals surface area (Å²) in [5.74, 6) is 6.37. The highest BCUT2D eigenvalue weighted by atomic mass is 32.2. The second-order valence-corrected chi connectivity index (χ2v) is 9.44. The number of carbonyl (C=O) groups is 1. The summed E-state index contributed by atoms with van der Waals surface area (Å²) in [4.78, 5) is 19.1. The van der Waals surface area contributed by atoms with Crippen LogP contribution in [0.15, 0.2) is 70.8 Å². The maximum atomic E-state index is 13.2. The molecule has 32 heavy (non-hydrogen) atoms. The van der Waals surface area contributed by atoms with E-state index in [0.29, 0.717) is 26.3 Å². The molecule has 7 nitrogen and oxygen atoms in total. The van der Waals surface area contributed by atoms with E-state index in [1.165, 1.54) is 12.1 Å². The van der Waals surface area contributed by atoms with Gasteiger partial charge in [0.1, 0.15) is 0 Å². The molecule has 0 saturated carbocycles. The van der Waals surface area contributed by atoms with Gasteiger partial charge in [0.05, 0.1) is 23.7 Å². The van der Waals surface area contributed by atoms with Gasteiger partial charge >= 0.3 is 0 Å². The molecule has 2 aliphatic heterocycles. The lowest BCUT2D eigenvalue weighted by Gasteiger charge is -2.42. The van der Waals surface area contributed by atoms with Crippen molar-refractivity contribution in [2.24, 2.45) is 0 Å². The van der Waals surface area contributed by atoms with Gasteiger partial charge in [-0.2, -0.15) is 8.42 Å². The van der Waals surface area contributed by atoms with Crippen LogP contribution in [0.3, 0.4) is 0 Å². The van der Waals surface area contributed by atoms with Crippen LogP contribution < -0.4 is 0 Å². The molecule has 2 aromatic rings. The highest BCUT2D eigenvalue weighted by Gasteiger charge is 2.33. The van der Waals surface area contributed by atoms with Gasteiger partial charge in [-0.05, 0) is 29.8 Å². The van der Waals surface area contributed by atoms with E-state index in [4.69, 9.17) is 4.55 Å². The van der Waals surface area contributed by atoms with Crippen molar-refractivity contribution in [1.29, 1.82) is 0 Å². The van der Waals surface area contributed by atoms with Gasteiger partial charge in [0, 0.05) is 44.4 Å². The van der Waals surface area contributed by atoms with Crippen LogP contribution in [0.4, 0.5) is 0 Å². The van der Waals surface area contributed by atoms with Crippen LogP contribution in [-0.2, 0) is 21.5 Å². The van der Waals surface area contributed by atoms with Gasteiger partial charge in [0.2, 0.25) is 0 Å². The first-order valence-corrected chi connectivity index (χ1v) is 11.8. The minimum Gasteiger partial charge on any atom is -0.360 e. The SMILES string of the molecule is CN1CN(Cc2ccc(S(=O)(=O)O)cc2)C(=O)C2=C1CCN(CC#Cc1ccccc1)C2. The maximum Gasteiger partial charge on any atom is 0.294 e. The maximum absolute atomic E-state index is 13.2. The first-order valence-electron chi connectivity index (χ1n) is 10.4. The second kappa shape index (κ2) is 9.17. The smallest absolute Gasteiger partial charge is 0.294 e. The van der Waals surface area contributed by atoms with Gasteiger partial charge in [-0.25, -0.2) is 0 Å². The van der Waals surface area contributed by atoms with Crippen LogP contribution in [0.2, 0.25) is 0 Å². The molecule has 0 aromatic heterocycles. The number of carbonyl (C=O) groups excluding carboxylic acids is 1. The van der Waals surface area contributed by atoms with Gasteiger partial charge < -0.3 is 9.80 Å². The summed E-state index contributed by atoms with van der Waals surface area (Å²) >= 11 is 0. The largest absolute Gasteiger partial charge is 0.360 e. The monoisotopic (exact) mass is 451 g/mol. The number of rotatable bonds is 4. The van der Waals surface area contributed by atoms with Gasteiger partial charge in [-0.15, -0.1) is 0 Å². The van der Waals surface area contributed by atoms with Gasteiger partial charge in [-0.3, -0.25) is 14.2 Å². The summed E-state index contributed by atoms with van der Waals surface area (Å²) in [6, 6.07) is 15.8. The number of hydrogen-bond acceptors (Lipinski definition) is 5. The average Bonchev–Trinajstić information content (AvgIpc) is 2.78. The first kappa shape index (κ1) is 22.1. The molecular formula is C24H25N3O4S. The molecule has 166 valence electrons. The third-order valence-corrected chi connectivity index (χ3v) is 6.56. The third kappa shape index (κ3) is 5.02. The van der Waals surface area contributed by atoms with Crippen LogP contribution in [0.25, 0.3) is 0 Å². The van der Waals surface area contributed by atoms with Crippen molar-refractivity contribution in [3.8, 4) is 11.8 Å². The lowest BCUT2D eigenvalue weighted by molar-refractivity contribution is -0.131. The summed E-state index contributed by atoms with van der Waals surface area (Å²) in [6.45, 7) is 2.85. The molecule has 8 heteroatoms. The predicted octanol–water partition coefficient (Wildman–Crippen LogP) is 2.18. The summed E-state index contributed by atoms with van der Waals surface area (Å²) in [5.41, 5.74) is 3.65. The third-order valence-electron chi connectivity index (χ3n) is 5.69. The van der Waals surface area contributed by atoms with Crippen LogP contribution >= 0.6 is 0 Å². The predicted molar refractivity (Wildman–Crippen MR) is 121 cm³/mol. The summed E-state index contributed by atoms with van der Waals surface area (Å²) < 4.78 is 31.6. The van der Waals surface area contributed by atoms with Crippen molar-refractivity contribution in [1.82, 2.24) is 14.7 Å². The zero-order chi connectivity index (χ0) is 22.7. The van der Waals surface area contributed by atoms with Crippen molar-refractivity contribution >= 4 is 16.0 Å². The normalized spacial score (nSPS) is 17.1. The number of nitrogens with zero attached hydrogens (tertiary/aromatic N) is 3. The summed E-state index contributed by atoms with van der Waals surface area (Å²) in [5, 5.41) is 0. The molecule has 4 rings (SSSR count). The summed E-state index contributed by atoms with van der Waals surface area (Å²) in [7, 11) is -2.25. The highest BCUT2D eigenvalue weighted by molar-refractivity contribution is 7.85. The fourth-order valence-corrected chi connectivity index (χ4v) is 4.52. The standard InChI is InChI=1S/C24H25N3O4S/c1-25-18-27(16-20-9-11-21(12-10-20)32(29,30)31)24(28)22-17-26(15-13-23(22)25)14-5-8-19-6-3-2-4-7-19/h2-4,6-7,9-12H,13-18H2,1H3,(H,29,30,31). The van der Waals surface area contributed by atoms with Gasteiger partial charge in [0.15, 0.2) is 0 Å². The molecule has 1 N–H and O–H groups in total. The van der Waals surface area contributed by atoms with E-state index in [9.17, 15) is 13.2 Å². The van der Waals surface area contributed by atoms with Gasteiger partial charge in [0.25, 0.3) is 16.0 Å². The molecule has 0 unspecified atom stereocenters. The molecule has 2 heterocycles. The van der Waals surface area contributed by atoms with Crippen LogP contribution in [0.5, 0.6) is 0 Å². The summed E-state index contributed by atoms with van der Waals surface area (Å²) in [6.07, 6.45) is 0.807. The van der Waals surface area contributed by atoms with E-state index in [2.05, 4.69) is 21.6 Å². The van der Waals surface area contributed by atoms with Crippen molar-refractivity contribution in [2.75, 3.05) is 33.4 Å². The molecule has 0 atom stereocenters. The molecule has 2 aliphatic rings. The molecule has 0 fully saturated rings. The zero-order valence-electron chi connectivity index (χ0n) is 17.9. The number of hydrogen-bond donors (Lipinski definition) is 1. The van der Waals surface area contributed by atoms with Crippen LogP contribution in [-0.4, -0.2) is 66.9 Å². The zero-order valence-corrected chi connectivity index (χ0v) is 18.7. The minimum atomic E-state index is -4.23. The van der Waals surface area contributed by atoms with E-state index in [1.807, 2.05) is 37.4 Å². The molecule has 0 aliphatic carbocycles. The fourth-order valence-electron chi connectivity index (χ4n) is 4.04. The van der Waals surface area contributed by atoms with Gasteiger partial charge in [-0.1, -0.05) is 42.2 Å². The Hall–Kier alpha value is -3.12. The molecule has 0 radical (unpaired) electrons. The van der Waals surface area contributed by atoms with Crippen LogP contribution in [0, 0.1) is 11.8 Å². The van der Waals surface area contributed by atoms with Crippen molar-refractivity contribution in [3.05, 3.63) is 77.0 Å². The van der Waals surface area contributed by atoms with Crippen molar-refractivity contribution in [2.45, 2.75) is 17.9 Å². The lowest BCUT2D eigenvalue weighted by atomic mass is 10.0. The first-order chi connectivity index (χ1) is 15.3. The van der Waals surface area contributed by atoms with E-state index >= 15 is 0 Å². The number of amides is 1. The molecule has 0 saturated heterocycles. The topological polar surface area (TPSA) is 81.2 Å². The molecule has 1 amide bonds. The number of benzene rings is 2. The second-order valence-electron chi connectivity index (χ2n) is 8.02. The Labute approximate surface area is 188 Å². The van der Waals surface area contributed by atoms with E-state index in [-0.39, 0.29) is 10.8 Å².